The van der Waals surface area contributed by atoms with Gasteiger partial charge in [0, 0.05) is 18.3 Å². The van der Waals surface area contributed by atoms with Gasteiger partial charge in [-0.05, 0) is 49.1 Å². The fourth-order valence-electron chi connectivity index (χ4n) is 2.63. The van der Waals surface area contributed by atoms with Crippen LogP contribution in [-0.4, -0.2) is 15.9 Å². The highest BCUT2D eigenvalue weighted by Crippen LogP contribution is 2.20. The van der Waals surface area contributed by atoms with Crippen LogP contribution in [0.2, 0.25) is 0 Å². The van der Waals surface area contributed by atoms with Crippen molar-refractivity contribution in [3.63, 3.8) is 0 Å². The van der Waals surface area contributed by atoms with E-state index in [0.717, 1.165) is 27.9 Å². The molecule has 0 saturated heterocycles. The van der Waals surface area contributed by atoms with Gasteiger partial charge in [0.2, 0.25) is 0 Å². The van der Waals surface area contributed by atoms with Gasteiger partial charge in [-0.2, -0.15) is 0 Å². The van der Waals surface area contributed by atoms with Crippen LogP contribution >= 0.6 is 0 Å². The van der Waals surface area contributed by atoms with E-state index in [9.17, 15) is 4.79 Å². The van der Waals surface area contributed by atoms with Crippen LogP contribution in [0, 0.1) is 20.8 Å². The lowest BCUT2D eigenvalue weighted by Gasteiger charge is -2.11. The number of hydrogen-bond donors (Lipinski definition) is 2. The van der Waals surface area contributed by atoms with Crippen LogP contribution in [-0.2, 0) is 6.54 Å². The molecule has 1 amide bonds. The molecule has 132 valence electrons. The number of anilines is 2. The standard InChI is InChI=1S/C21H22N4O/c1-14-8-9-16(3)18(10-14)25-20-11-19(23-13-24-20)21(26)22-12-17-7-5-4-6-15(17)2/h4-11,13H,12H2,1-3H3,(H,22,26)(H,23,24,25). The lowest BCUT2D eigenvalue weighted by atomic mass is 10.1. The summed E-state index contributed by atoms with van der Waals surface area (Å²) in [6, 6.07) is 15.8. The van der Waals surface area contributed by atoms with Gasteiger partial charge < -0.3 is 10.6 Å². The van der Waals surface area contributed by atoms with Gasteiger partial charge in [0.1, 0.15) is 17.8 Å². The summed E-state index contributed by atoms with van der Waals surface area (Å²) in [5.74, 6) is 0.370. The quantitative estimate of drug-likeness (QED) is 0.731. The molecule has 0 bridgehead atoms. The Hall–Kier alpha value is -3.21. The number of carbonyl (C=O) groups is 1. The van der Waals surface area contributed by atoms with E-state index in [1.807, 2.05) is 45.0 Å². The number of aryl methyl sites for hydroxylation is 3. The van der Waals surface area contributed by atoms with Gasteiger partial charge in [-0.25, -0.2) is 9.97 Å². The number of benzene rings is 2. The first-order valence-electron chi connectivity index (χ1n) is 8.52. The van der Waals surface area contributed by atoms with Crippen molar-refractivity contribution in [2.24, 2.45) is 0 Å². The van der Waals surface area contributed by atoms with Crippen LogP contribution < -0.4 is 10.6 Å². The Morgan fingerprint density at radius 2 is 1.77 bits per heavy atom. The van der Waals surface area contributed by atoms with Crippen LogP contribution in [0.3, 0.4) is 0 Å². The number of hydrogen-bond acceptors (Lipinski definition) is 4. The molecule has 0 aliphatic rings. The number of nitrogens with one attached hydrogen (secondary N) is 2. The zero-order valence-corrected chi connectivity index (χ0v) is 15.2. The summed E-state index contributed by atoms with van der Waals surface area (Å²) in [5, 5.41) is 6.17. The van der Waals surface area contributed by atoms with Crippen molar-refractivity contribution in [2.45, 2.75) is 27.3 Å². The Morgan fingerprint density at radius 3 is 2.58 bits per heavy atom. The molecule has 1 heterocycles. The predicted octanol–water partition coefficient (Wildman–Crippen LogP) is 4.08. The van der Waals surface area contributed by atoms with Gasteiger partial charge in [-0.3, -0.25) is 4.79 Å². The van der Waals surface area contributed by atoms with Gasteiger partial charge in [-0.15, -0.1) is 0 Å². The van der Waals surface area contributed by atoms with E-state index in [1.165, 1.54) is 6.33 Å². The first-order valence-corrected chi connectivity index (χ1v) is 8.52. The van der Waals surface area contributed by atoms with E-state index in [2.05, 4.69) is 38.8 Å². The van der Waals surface area contributed by atoms with Gasteiger partial charge in [0.25, 0.3) is 5.91 Å². The minimum absolute atomic E-state index is 0.223. The molecule has 5 heteroatoms. The van der Waals surface area contributed by atoms with Crippen molar-refractivity contribution in [1.29, 1.82) is 0 Å². The largest absolute Gasteiger partial charge is 0.347 e. The Labute approximate surface area is 153 Å². The van der Waals surface area contributed by atoms with E-state index in [0.29, 0.717) is 18.1 Å². The molecule has 0 spiro atoms. The van der Waals surface area contributed by atoms with E-state index in [4.69, 9.17) is 0 Å². The van der Waals surface area contributed by atoms with Crippen LogP contribution in [0.5, 0.6) is 0 Å². The van der Waals surface area contributed by atoms with Gasteiger partial charge in [0.05, 0.1) is 0 Å². The average molecular weight is 346 g/mol. The van der Waals surface area contributed by atoms with Crippen molar-refractivity contribution >= 4 is 17.4 Å². The van der Waals surface area contributed by atoms with Crippen molar-refractivity contribution in [1.82, 2.24) is 15.3 Å². The Balaban J connectivity index is 1.71. The van der Waals surface area contributed by atoms with Gasteiger partial charge in [-0.1, -0.05) is 36.4 Å². The molecule has 3 rings (SSSR count). The fraction of sp³-hybridized carbons (Fsp3) is 0.190. The van der Waals surface area contributed by atoms with E-state index < -0.39 is 0 Å². The Bertz CT molecular complexity index is 937. The fourth-order valence-corrected chi connectivity index (χ4v) is 2.63. The van der Waals surface area contributed by atoms with Crippen molar-refractivity contribution in [2.75, 3.05) is 5.32 Å². The second kappa shape index (κ2) is 7.78. The molecule has 0 aliphatic heterocycles. The molecule has 2 N–H and O–H groups in total. The summed E-state index contributed by atoms with van der Waals surface area (Å²) in [6.07, 6.45) is 1.40. The molecule has 0 fully saturated rings. The Morgan fingerprint density at radius 1 is 0.962 bits per heavy atom. The number of carbonyl (C=O) groups excluding carboxylic acids is 1. The van der Waals surface area contributed by atoms with Gasteiger partial charge in [0.15, 0.2) is 0 Å². The summed E-state index contributed by atoms with van der Waals surface area (Å²) in [4.78, 5) is 20.7. The van der Waals surface area contributed by atoms with E-state index in [1.54, 1.807) is 6.07 Å². The molecule has 1 aromatic heterocycles. The highest BCUT2D eigenvalue weighted by atomic mass is 16.1. The third-order valence-electron chi connectivity index (χ3n) is 4.26. The minimum atomic E-state index is -0.223. The first kappa shape index (κ1) is 17.6. The normalized spacial score (nSPS) is 10.4. The molecule has 0 saturated carbocycles. The molecular weight excluding hydrogens is 324 g/mol. The molecule has 0 aliphatic carbocycles. The lowest BCUT2D eigenvalue weighted by molar-refractivity contribution is 0.0945. The SMILES string of the molecule is Cc1ccc(C)c(Nc2cc(C(=O)NCc3ccccc3C)ncn2)c1. The maximum Gasteiger partial charge on any atom is 0.270 e. The highest BCUT2D eigenvalue weighted by Gasteiger charge is 2.10. The molecule has 3 aromatic rings. The first-order chi connectivity index (χ1) is 12.5. The number of nitrogens with zero attached hydrogens (tertiary/aromatic N) is 2. The predicted molar refractivity (Wildman–Crippen MR) is 104 cm³/mol. The molecule has 0 atom stereocenters. The monoisotopic (exact) mass is 346 g/mol. The summed E-state index contributed by atoms with van der Waals surface area (Å²) in [7, 11) is 0. The second-order valence-corrected chi connectivity index (χ2v) is 6.34. The van der Waals surface area contributed by atoms with Crippen LogP contribution in [0.15, 0.2) is 54.9 Å². The van der Waals surface area contributed by atoms with Crippen LogP contribution in [0.25, 0.3) is 0 Å². The average Bonchev–Trinajstić information content (AvgIpc) is 2.64. The minimum Gasteiger partial charge on any atom is -0.347 e. The van der Waals surface area contributed by atoms with Gasteiger partial charge >= 0.3 is 0 Å². The van der Waals surface area contributed by atoms with Crippen molar-refractivity contribution in [3.8, 4) is 0 Å². The topological polar surface area (TPSA) is 66.9 Å². The second-order valence-electron chi connectivity index (χ2n) is 6.34. The molecule has 26 heavy (non-hydrogen) atoms. The van der Waals surface area contributed by atoms with Crippen molar-refractivity contribution in [3.05, 3.63) is 82.8 Å². The summed E-state index contributed by atoms with van der Waals surface area (Å²) in [5.41, 5.74) is 5.80. The van der Waals surface area contributed by atoms with Crippen LogP contribution in [0.4, 0.5) is 11.5 Å². The van der Waals surface area contributed by atoms with Crippen LogP contribution in [0.1, 0.15) is 32.7 Å². The number of amides is 1. The third-order valence-corrected chi connectivity index (χ3v) is 4.26. The zero-order valence-electron chi connectivity index (χ0n) is 15.2. The Kier molecular flexibility index (Phi) is 5.27. The zero-order chi connectivity index (χ0) is 18.5. The summed E-state index contributed by atoms with van der Waals surface area (Å²) >= 11 is 0. The molecular formula is C21H22N4O. The molecule has 0 radical (unpaired) electrons. The highest BCUT2D eigenvalue weighted by molar-refractivity contribution is 5.93. The number of rotatable bonds is 5. The van der Waals surface area contributed by atoms with E-state index in [-0.39, 0.29) is 5.91 Å². The number of aromatic nitrogens is 2. The maximum atomic E-state index is 12.4. The molecule has 5 nitrogen and oxygen atoms in total. The van der Waals surface area contributed by atoms with E-state index >= 15 is 0 Å². The van der Waals surface area contributed by atoms with Crippen molar-refractivity contribution < 1.29 is 4.79 Å². The summed E-state index contributed by atoms with van der Waals surface area (Å²) < 4.78 is 0. The molecule has 2 aromatic carbocycles. The smallest absolute Gasteiger partial charge is 0.270 e. The molecule has 0 unspecified atom stereocenters. The third kappa shape index (κ3) is 4.25. The summed E-state index contributed by atoms with van der Waals surface area (Å²) in [6.45, 7) is 6.56. The maximum absolute atomic E-state index is 12.4. The lowest BCUT2D eigenvalue weighted by Crippen LogP contribution is -2.24.